The van der Waals surface area contributed by atoms with Crippen LogP contribution >= 0.6 is 0 Å². The molecule has 0 heterocycles. The number of aryl methyl sites for hydroxylation is 1. The fourth-order valence-corrected chi connectivity index (χ4v) is 4.69. The number of carbonyl (C=O) groups is 2. The Hall–Kier alpha value is -3.42. The number of aliphatic hydroxyl groups is 1. The van der Waals surface area contributed by atoms with Crippen molar-refractivity contribution in [1.82, 2.24) is 10.6 Å². The van der Waals surface area contributed by atoms with Crippen molar-refractivity contribution in [3.05, 3.63) is 106 Å². The van der Waals surface area contributed by atoms with Gasteiger partial charge in [-0.25, -0.2) is 8.78 Å². The molecule has 0 radical (unpaired) electrons. The van der Waals surface area contributed by atoms with E-state index in [1.807, 2.05) is 26.0 Å². The molecule has 0 aliphatic rings. The molecule has 2 unspecified atom stereocenters. The van der Waals surface area contributed by atoms with Gasteiger partial charge >= 0.3 is 0 Å². The van der Waals surface area contributed by atoms with E-state index in [2.05, 4.69) is 29.7 Å². The smallest absolute Gasteiger partial charge is 0.251 e. The second-order valence-electron chi connectivity index (χ2n) is 9.89. The van der Waals surface area contributed by atoms with Crippen molar-refractivity contribution in [2.45, 2.75) is 65.1 Å². The summed E-state index contributed by atoms with van der Waals surface area (Å²) in [6.45, 7) is 6.65. The molecule has 0 aliphatic carbocycles. The SMILES string of the molecule is CCc1cccc(CNCC(O)C(Cc2cc(F)cc(F)c2)NC(=O)c2cccc(C(=O)C(CC)CC)c2)c1. The van der Waals surface area contributed by atoms with Crippen LogP contribution < -0.4 is 10.6 Å². The van der Waals surface area contributed by atoms with Gasteiger partial charge in [0.15, 0.2) is 5.78 Å². The van der Waals surface area contributed by atoms with Gasteiger partial charge in [-0.05, 0) is 66.6 Å². The van der Waals surface area contributed by atoms with Gasteiger partial charge in [-0.3, -0.25) is 9.59 Å². The van der Waals surface area contributed by atoms with Gasteiger partial charge in [-0.2, -0.15) is 0 Å². The molecule has 3 aromatic carbocycles. The van der Waals surface area contributed by atoms with E-state index >= 15 is 0 Å². The maximum Gasteiger partial charge on any atom is 0.251 e. The standard InChI is InChI=1S/C32H38F2N2O3/c1-4-21-9-7-10-22(13-21)19-35-20-30(37)29(16-23-14-27(33)18-28(34)15-23)36-32(39)26-12-8-11-25(17-26)31(38)24(5-2)6-3/h7-15,17-18,24,29-30,35,37H,4-6,16,19-20H2,1-3H3,(H,36,39). The van der Waals surface area contributed by atoms with Crippen molar-refractivity contribution in [2.24, 2.45) is 5.92 Å². The van der Waals surface area contributed by atoms with Crippen molar-refractivity contribution in [3.63, 3.8) is 0 Å². The first-order valence-corrected chi connectivity index (χ1v) is 13.6. The van der Waals surface area contributed by atoms with E-state index in [1.165, 1.54) is 17.7 Å². The number of aliphatic hydroxyl groups excluding tert-OH is 1. The van der Waals surface area contributed by atoms with E-state index in [1.54, 1.807) is 24.3 Å². The Bertz CT molecular complexity index is 1240. The highest BCUT2D eigenvalue weighted by Gasteiger charge is 2.24. The minimum Gasteiger partial charge on any atom is -0.390 e. The summed E-state index contributed by atoms with van der Waals surface area (Å²) in [6, 6.07) is 16.9. The number of carbonyl (C=O) groups excluding carboxylic acids is 2. The van der Waals surface area contributed by atoms with E-state index in [0.29, 0.717) is 30.5 Å². The zero-order chi connectivity index (χ0) is 28.4. The zero-order valence-corrected chi connectivity index (χ0v) is 22.8. The fourth-order valence-electron chi connectivity index (χ4n) is 4.69. The summed E-state index contributed by atoms with van der Waals surface area (Å²) >= 11 is 0. The van der Waals surface area contributed by atoms with Crippen LogP contribution in [0.2, 0.25) is 0 Å². The van der Waals surface area contributed by atoms with Crippen molar-refractivity contribution < 1.29 is 23.5 Å². The van der Waals surface area contributed by atoms with Gasteiger partial charge in [-0.15, -0.1) is 0 Å². The molecule has 0 aliphatic heterocycles. The third-order valence-electron chi connectivity index (χ3n) is 7.01. The van der Waals surface area contributed by atoms with Crippen LogP contribution in [-0.2, 0) is 19.4 Å². The number of rotatable bonds is 14. The van der Waals surface area contributed by atoms with Gasteiger partial charge in [0.2, 0.25) is 0 Å². The van der Waals surface area contributed by atoms with Crippen LogP contribution in [0.25, 0.3) is 0 Å². The molecule has 7 heteroatoms. The van der Waals surface area contributed by atoms with E-state index < -0.39 is 29.7 Å². The van der Waals surface area contributed by atoms with Crippen LogP contribution in [0.3, 0.4) is 0 Å². The van der Waals surface area contributed by atoms with Crippen LogP contribution in [0.15, 0.2) is 66.7 Å². The minimum atomic E-state index is -1.05. The Kier molecular flexibility index (Phi) is 11.3. The van der Waals surface area contributed by atoms with Crippen molar-refractivity contribution in [3.8, 4) is 0 Å². The van der Waals surface area contributed by atoms with Crippen LogP contribution in [0.1, 0.15) is 71.0 Å². The Morgan fingerprint density at radius 3 is 2.13 bits per heavy atom. The van der Waals surface area contributed by atoms with Gasteiger partial charge in [0.1, 0.15) is 11.6 Å². The lowest BCUT2D eigenvalue weighted by molar-refractivity contribution is 0.0829. The van der Waals surface area contributed by atoms with Gasteiger partial charge in [0.05, 0.1) is 12.1 Å². The second kappa shape index (κ2) is 14.7. The fraction of sp³-hybridized carbons (Fsp3) is 0.375. The topological polar surface area (TPSA) is 78.4 Å². The zero-order valence-electron chi connectivity index (χ0n) is 22.8. The Morgan fingerprint density at radius 2 is 1.46 bits per heavy atom. The summed E-state index contributed by atoms with van der Waals surface area (Å²) in [7, 11) is 0. The Labute approximate surface area is 229 Å². The normalized spacial score (nSPS) is 12.8. The average Bonchev–Trinajstić information content (AvgIpc) is 2.92. The third-order valence-corrected chi connectivity index (χ3v) is 7.01. The number of halogens is 2. The highest BCUT2D eigenvalue weighted by molar-refractivity contribution is 6.01. The summed E-state index contributed by atoms with van der Waals surface area (Å²) < 4.78 is 27.7. The van der Waals surface area contributed by atoms with E-state index in [-0.39, 0.29) is 30.2 Å². The highest BCUT2D eigenvalue weighted by Crippen LogP contribution is 2.18. The maximum atomic E-state index is 13.9. The first-order chi connectivity index (χ1) is 18.7. The Balaban J connectivity index is 1.76. The summed E-state index contributed by atoms with van der Waals surface area (Å²) in [5.41, 5.74) is 3.31. The van der Waals surface area contributed by atoms with Gasteiger partial charge in [0, 0.05) is 36.2 Å². The molecule has 0 saturated carbocycles. The summed E-state index contributed by atoms with van der Waals surface area (Å²) in [5.74, 6) is -2.08. The number of amides is 1. The van der Waals surface area contributed by atoms with Crippen molar-refractivity contribution in [1.29, 1.82) is 0 Å². The lowest BCUT2D eigenvalue weighted by atomic mass is 9.92. The number of hydrogen-bond donors (Lipinski definition) is 3. The Morgan fingerprint density at radius 1 is 0.821 bits per heavy atom. The first-order valence-electron chi connectivity index (χ1n) is 13.6. The molecule has 0 bridgehead atoms. The number of Topliss-reactive ketones (excluding diaryl/α,β-unsaturated/α-hetero) is 1. The molecule has 0 fully saturated rings. The number of nitrogens with one attached hydrogen (secondary N) is 2. The highest BCUT2D eigenvalue weighted by atomic mass is 19.1. The average molecular weight is 537 g/mol. The minimum absolute atomic E-state index is 0.0148. The molecule has 5 nitrogen and oxygen atoms in total. The predicted octanol–water partition coefficient (Wildman–Crippen LogP) is 5.64. The summed E-state index contributed by atoms with van der Waals surface area (Å²) in [4.78, 5) is 26.1. The summed E-state index contributed by atoms with van der Waals surface area (Å²) in [5, 5.41) is 17.1. The van der Waals surface area contributed by atoms with E-state index in [9.17, 15) is 23.5 Å². The quantitative estimate of drug-likeness (QED) is 0.233. The lowest BCUT2D eigenvalue weighted by Gasteiger charge is -2.25. The molecule has 208 valence electrons. The van der Waals surface area contributed by atoms with Crippen LogP contribution in [-0.4, -0.2) is 35.5 Å². The molecule has 3 N–H and O–H groups in total. The molecule has 3 rings (SSSR count). The molecule has 3 aromatic rings. The molecule has 1 amide bonds. The number of benzene rings is 3. The second-order valence-corrected chi connectivity index (χ2v) is 9.89. The molecular weight excluding hydrogens is 498 g/mol. The van der Waals surface area contributed by atoms with Crippen LogP contribution in [0, 0.1) is 17.6 Å². The molecule has 0 spiro atoms. The first kappa shape index (κ1) is 30.1. The predicted molar refractivity (Wildman–Crippen MR) is 150 cm³/mol. The largest absolute Gasteiger partial charge is 0.390 e. The van der Waals surface area contributed by atoms with E-state index in [4.69, 9.17) is 0 Å². The van der Waals surface area contributed by atoms with Gasteiger partial charge in [0.25, 0.3) is 5.91 Å². The number of ketones is 1. The molecule has 0 saturated heterocycles. The van der Waals surface area contributed by atoms with Crippen molar-refractivity contribution >= 4 is 11.7 Å². The van der Waals surface area contributed by atoms with Crippen LogP contribution in [0.5, 0.6) is 0 Å². The third kappa shape index (κ3) is 8.80. The van der Waals surface area contributed by atoms with Crippen LogP contribution in [0.4, 0.5) is 8.78 Å². The summed E-state index contributed by atoms with van der Waals surface area (Å²) in [6.07, 6.45) is 1.30. The number of hydrogen-bond acceptors (Lipinski definition) is 4. The molecular formula is C32H38F2N2O3. The molecule has 2 atom stereocenters. The van der Waals surface area contributed by atoms with Gasteiger partial charge in [-0.1, -0.05) is 57.2 Å². The monoisotopic (exact) mass is 536 g/mol. The lowest BCUT2D eigenvalue weighted by Crippen LogP contribution is -2.48. The molecule has 0 aromatic heterocycles. The van der Waals surface area contributed by atoms with Gasteiger partial charge < -0.3 is 15.7 Å². The molecule has 39 heavy (non-hydrogen) atoms. The van der Waals surface area contributed by atoms with E-state index in [0.717, 1.165) is 18.1 Å². The maximum absolute atomic E-state index is 13.9. The van der Waals surface area contributed by atoms with Crippen molar-refractivity contribution in [2.75, 3.05) is 6.54 Å².